The molecule has 0 saturated carbocycles. The number of fused-ring (bicyclic) bond motifs is 1. The van der Waals surface area contributed by atoms with E-state index >= 15 is 0 Å². The Kier molecular flexibility index (Phi) is 4.55. The second kappa shape index (κ2) is 6.62. The third kappa shape index (κ3) is 3.00. The zero-order valence-corrected chi connectivity index (χ0v) is 14.0. The summed E-state index contributed by atoms with van der Waals surface area (Å²) in [6, 6.07) is 12.8. The van der Waals surface area contributed by atoms with Crippen LogP contribution >= 0.6 is 0 Å². The molecule has 0 atom stereocenters. The average molecular weight is 346 g/mol. The van der Waals surface area contributed by atoms with E-state index < -0.39 is 9.84 Å². The van der Waals surface area contributed by atoms with Crippen LogP contribution < -0.4 is 15.0 Å². The lowest BCUT2D eigenvalue weighted by molar-refractivity contribution is -0.118. The van der Waals surface area contributed by atoms with Crippen molar-refractivity contribution < 1.29 is 17.9 Å². The number of nitrogens with one attached hydrogen (secondary N) is 1. The van der Waals surface area contributed by atoms with Crippen molar-refractivity contribution in [3.8, 4) is 5.75 Å². The molecule has 1 aliphatic rings. The van der Waals surface area contributed by atoms with Crippen LogP contribution in [0.3, 0.4) is 0 Å². The molecule has 126 valence electrons. The second-order valence-corrected chi connectivity index (χ2v) is 7.32. The van der Waals surface area contributed by atoms with Crippen molar-refractivity contribution in [2.75, 3.05) is 31.6 Å². The molecule has 0 radical (unpaired) electrons. The maximum atomic E-state index is 12.8. The summed E-state index contributed by atoms with van der Waals surface area (Å²) in [5.41, 5.74) is 0.485. The molecule has 7 heteroatoms. The molecule has 0 bridgehead atoms. The number of hydrogen-bond acceptors (Lipinski definition) is 5. The van der Waals surface area contributed by atoms with Gasteiger partial charge in [0, 0.05) is 0 Å². The maximum Gasteiger partial charge on any atom is 0.241 e. The first kappa shape index (κ1) is 16.5. The van der Waals surface area contributed by atoms with E-state index in [1.807, 2.05) is 0 Å². The van der Waals surface area contributed by atoms with Crippen molar-refractivity contribution in [3.05, 3.63) is 48.5 Å². The molecular formula is C17H18N2O4S. The minimum atomic E-state index is -3.64. The molecule has 1 heterocycles. The summed E-state index contributed by atoms with van der Waals surface area (Å²) < 4.78 is 31.1. The summed E-state index contributed by atoms with van der Waals surface area (Å²) in [5, 5.41) is 2.82. The van der Waals surface area contributed by atoms with Crippen LogP contribution in [-0.2, 0) is 14.6 Å². The van der Waals surface area contributed by atoms with E-state index in [4.69, 9.17) is 4.74 Å². The van der Waals surface area contributed by atoms with Gasteiger partial charge in [-0.2, -0.15) is 0 Å². The number of likely N-dealkylation sites (N-methyl/N-ethyl adjacent to an activating group) is 1. The lowest BCUT2D eigenvalue weighted by atomic mass is 10.2. The number of amides is 1. The van der Waals surface area contributed by atoms with Crippen LogP contribution in [0.15, 0.2) is 58.3 Å². The third-order valence-electron chi connectivity index (χ3n) is 3.79. The number of ether oxygens (including phenoxy) is 1. The highest BCUT2D eigenvalue weighted by atomic mass is 32.2. The number of benzene rings is 2. The quantitative estimate of drug-likeness (QED) is 0.907. The summed E-state index contributed by atoms with van der Waals surface area (Å²) in [7, 11) is -1.95. The summed E-state index contributed by atoms with van der Waals surface area (Å²) in [6.07, 6.45) is 0. The normalized spacial score (nSPS) is 14.0. The number of carbonyl (C=O) groups excluding carboxylic acids is 1. The van der Waals surface area contributed by atoms with Crippen LogP contribution in [0, 0.1) is 0 Å². The Morgan fingerprint density at radius 2 is 1.92 bits per heavy atom. The minimum absolute atomic E-state index is 0.128. The zero-order chi connectivity index (χ0) is 17.2. The third-order valence-corrected chi connectivity index (χ3v) is 5.55. The van der Waals surface area contributed by atoms with Crippen LogP contribution in [0.4, 0.5) is 5.69 Å². The Balaban J connectivity index is 2.04. The van der Waals surface area contributed by atoms with Gasteiger partial charge in [0.15, 0.2) is 0 Å². The lowest BCUT2D eigenvalue weighted by Gasteiger charge is -2.30. The second-order valence-electron chi connectivity index (χ2n) is 5.37. The van der Waals surface area contributed by atoms with Crippen molar-refractivity contribution in [2.24, 2.45) is 0 Å². The van der Waals surface area contributed by atoms with Gasteiger partial charge in [0.25, 0.3) is 0 Å². The van der Waals surface area contributed by atoms with Crippen molar-refractivity contribution in [1.29, 1.82) is 0 Å². The SMILES string of the molecule is CNCC(=O)N1CCOc2ccc(S(=O)(=O)c3ccccc3)cc21. The van der Waals surface area contributed by atoms with Gasteiger partial charge in [-0.15, -0.1) is 0 Å². The van der Waals surface area contributed by atoms with Gasteiger partial charge < -0.3 is 15.0 Å². The van der Waals surface area contributed by atoms with Gasteiger partial charge in [-0.1, -0.05) is 18.2 Å². The maximum absolute atomic E-state index is 12.8. The fourth-order valence-corrected chi connectivity index (χ4v) is 3.91. The van der Waals surface area contributed by atoms with E-state index in [0.717, 1.165) is 0 Å². The molecule has 0 spiro atoms. The molecule has 0 unspecified atom stereocenters. The van der Waals surface area contributed by atoms with E-state index in [1.165, 1.54) is 12.1 Å². The first-order valence-corrected chi connectivity index (χ1v) is 9.04. The summed E-state index contributed by atoms with van der Waals surface area (Å²) in [6.45, 7) is 0.949. The average Bonchev–Trinajstić information content (AvgIpc) is 2.61. The highest BCUT2D eigenvalue weighted by molar-refractivity contribution is 7.91. The summed E-state index contributed by atoms with van der Waals surface area (Å²) in [5.74, 6) is 0.383. The molecule has 0 aromatic heterocycles. The zero-order valence-electron chi connectivity index (χ0n) is 13.2. The van der Waals surface area contributed by atoms with Gasteiger partial charge >= 0.3 is 0 Å². The van der Waals surface area contributed by atoms with Crippen molar-refractivity contribution >= 4 is 21.4 Å². The van der Waals surface area contributed by atoms with Crippen LogP contribution in [0.1, 0.15) is 0 Å². The number of rotatable bonds is 4. The van der Waals surface area contributed by atoms with Crippen LogP contribution in [-0.4, -0.2) is 41.1 Å². The molecule has 6 nitrogen and oxygen atoms in total. The minimum Gasteiger partial charge on any atom is -0.490 e. The van der Waals surface area contributed by atoms with Crippen molar-refractivity contribution in [2.45, 2.75) is 9.79 Å². The van der Waals surface area contributed by atoms with Gasteiger partial charge in [0.2, 0.25) is 15.7 Å². The number of carbonyl (C=O) groups is 1. The molecule has 3 rings (SSSR count). The Hall–Kier alpha value is -2.38. The number of anilines is 1. The first-order chi connectivity index (χ1) is 11.5. The van der Waals surface area contributed by atoms with E-state index in [-0.39, 0.29) is 22.2 Å². The topological polar surface area (TPSA) is 75.7 Å². The highest BCUT2D eigenvalue weighted by Crippen LogP contribution is 2.35. The molecule has 0 fully saturated rings. The van der Waals surface area contributed by atoms with Gasteiger partial charge in [0.1, 0.15) is 12.4 Å². The highest BCUT2D eigenvalue weighted by Gasteiger charge is 2.26. The lowest BCUT2D eigenvalue weighted by Crippen LogP contribution is -2.42. The van der Waals surface area contributed by atoms with Gasteiger partial charge in [-0.3, -0.25) is 4.79 Å². The molecule has 0 aliphatic carbocycles. The molecule has 2 aromatic carbocycles. The summed E-state index contributed by atoms with van der Waals surface area (Å²) >= 11 is 0. The van der Waals surface area contributed by atoms with Crippen molar-refractivity contribution in [1.82, 2.24) is 5.32 Å². The van der Waals surface area contributed by atoms with E-state index in [9.17, 15) is 13.2 Å². The standard InChI is InChI=1S/C17H18N2O4S/c1-18-12-17(20)19-9-10-23-16-8-7-14(11-15(16)19)24(21,22)13-5-3-2-4-6-13/h2-8,11,18H,9-10,12H2,1H3. The molecule has 2 aromatic rings. The van der Waals surface area contributed by atoms with E-state index in [1.54, 1.807) is 48.3 Å². The largest absolute Gasteiger partial charge is 0.490 e. The molecule has 0 saturated heterocycles. The predicted octanol–water partition coefficient (Wildman–Crippen LogP) is 1.46. The monoisotopic (exact) mass is 346 g/mol. The predicted molar refractivity (Wildman–Crippen MR) is 90.1 cm³/mol. The van der Waals surface area contributed by atoms with Crippen molar-refractivity contribution in [3.63, 3.8) is 0 Å². The number of sulfone groups is 1. The fraction of sp³-hybridized carbons (Fsp3) is 0.235. The Morgan fingerprint density at radius 3 is 2.62 bits per heavy atom. The Bertz CT molecular complexity index is 850. The first-order valence-electron chi connectivity index (χ1n) is 7.56. The van der Waals surface area contributed by atoms with E-state index in [2.05, 4.69) is 5.32 Å². The molecular weight excluding hydrogens is 328 g/mol. The van der Waals surface area contributed by atoms with Gasteiger partial charge in [0.05, 0.1) is 28.6 Å². The smallest absolute Gasteiger partial charge is 0.241 e. The molecule has 1 amide bonds. The number of nitrogens with zero attached hydrogens (tertiary/aromatic N) is 1. The Morgan fingerprint density at radius 1 is 1.17 bits per heavy atom. The summed E-state index contributed by atoms with van der Waals surface area (Å²) in [4.78, 5) is 14.2. The van der Waals surface area contributed by atoms with Gasteiger partial charge in [-0.05, 0) is 37.4 Å². The number of hydrogen-bond donors (Lipinski definition) is 1. The molecule has 1 N–H and O–H groups in total. The van der Waals surface area contributed by atoms with Crippen LogP contribution in [0.5, 0.6) is 5.75 Å². The van der Waals surface area contributed by atoms with Crippen LogP contribution in [0.25, 0.3) is 0 Å². The molecule has 1 aliphatic heterocycles. The molecule has 24 heavy (non-hydrogen) atoms. The fourth-order valence-electron chi connectivity index (χ4n) is 2.61. The Labute approximate surface area is 141 Å². The van der Waals surface area contributed by atoms with E-state index in [0.29, 0.717) is 24.6 Å². The van der Waals surface area contributed by atoms with Gasteiger partial charge in [-0.25, -0.2) is 8.42 Å². The van der Waals surface area contributed by atoms with Crippen LogP contribution in [0.2, 0.25) is 0 Å².